The molecule has 0 bridgehead atoms. The zero-order valence-electron chi connectivity index (χ0n) is 13.0. The highest BCUT2D eigenvalue weighted by atomic mass is 16.2. The Morgan fingerprint density at radius 1 is 1.16 bits per heavy atom. The molecule has 0 aromatic heterocycles. The molecular weight excluding hydrogens is 240 g/mol. The fourth-order valence-electron chi connectivity index (χ4n) is 2.59. The first-order valence-electron chi connectivity index (χ1n) is 7.22. The summed E-state index contributed by atoms with van der Waals surface area (Å²) in [6, 6.07) is 0.332. The zero-order valence-corrected chi connectivity index (χ0v) is 13.0. The van der Waals surface area contributed by atoms with Gasteiger partial charge in [-0.05, 0) is 40.5 Å². The first-order chi connectivity index (χ1) is 8.71. The van der Waals surface area contributed by atoms with Crippen LogP contribution >= 0.6 is 0 Å². The maximum Gasteiger partial charge on any atom is 0.223 e. The number of hydrogen-bond donors (Lipinski definition) is 0. The van der Waals surface area contributed by atoms with E-state index in [9.17, 15) is 9.59 Å². The molecule has 0 radical (unpaired) electrons. The summed E-state index contributed by atoms with van der Waals surface area (Å²) in [5.74, 6) is 0.189. The molecule has 0 unspecified atom stereocenters. The maximum atomic E-state index is 12.0. The molecule has 110 valence electrons. The lowest BCUT2D eigenvalue weighted by atomic mass is 9.97. The van der Waals surface area contributed by atoms with Crippen LogP contribution in [0.3, 0.4) is 0 Å². The topological polar surface area (TPSA) is 40.6 Å². The van der Waals surface area contributed by atoms with Crippen molar-refractivity contribution in [3.63, 3.8) is 0 Å². The van der Waals surface area contributed by atoms with Crippen LogP contribution in [0.15, 0.2) is 0 Å². The third-order valence-corrected chi connectivity index (χ3v) is 4.05. The quantitative estimate of drug-likeness (QED) is 0.784. The van der Waals surface area contributed by atoms with Gasteiger partial charge in [0.2, 0.25) is 5.91 Å². The van der Waals surface area contributed by atoms with Crippen molar-refractivity contribution in [1.29, 1.82) is 0 Å². The molecule has 1 heterocycles. The van der Waals surface area contributed by atoms with E-state index >= 15 is 0 Å². The summed E-state index contributed by atoms with van der Waals surface area (Å²) in [4.78, 5) is 27.2. The van der Waals surface area contributed by atoms with E-state index in [1.54, 1.807) is 0 Å². The van der Waals surface area contributed by atoms with Crippen molar-refractivity contribution in [2.45, 2.75) is 65.0 Å². The predicted molar refractivity (Wildman–Crippen MR) is 77.0 cm³/mol. The highest BCUT2D eigenvalue weighted by Crippen LogP contribution is 2.22. The molecule has 0 aromatic carbocycles. The van der Waals surface area contributed by atoms with E-state index in [0.29, 0.717) is 18.9 Å². The van der Waals surface area contributed by atoms with E-state index in [1.165, 1.54) is 6.92 Å². The van der Waals surface area contributed by atoms with E-state index in [1.807, 2.05) is 11.9 Å². The van der Waals surface area contributed by atoms with Crippen molar-refractivity contribution < 1.29 is 9.59 Å². The largest absolute Gasteiger partial charge is 0.343 e. The average molecular weight is 268 g/mol. The zero-order chi connectivity index (χ0) is 14.6. The van der Waals surface area contributed by atoms with Crippen LogP contribution < -0.4 is 0 Å². The summed E-state index contributed by atoms with van der Waals surface area (Å²) in [5, 5.41) is 0. The van der Waals surface area contributed by atoms with Crippen molar-refractivity contribution in [2.24, 2.45) is 0 Å². The Hall–Kier alpha value is -0.900. The summed E-state index contributed by atoms with van der Waals surface area (Å²) < 4.78 is 0. The Labute approximate surface area is 117 Å². The molecule has 1 aliphatic rings. The number of nitrogens with zero attached hydrogens (tertiary/aromatic N) is 2. The molecule has 1 saturated heterocycles. The molecule has 4 nitrogen and oxygen atoms in total. The second-order valence-electron chi connectivity index (χ2n) is 6.60. The lowest BCUT2D eigenvalue weighted by Crippen LogP contribution is -2.51. The van der Waals surface area contributed by atoms with Gasteiger partial charge in [-0.3, -0.25) is 9.69 Å². The Morgan fingerprint density at radius 3 is 2.11 bits per heavy atom. The number of Topliss-reactive ketones (excluding diaryl/α,β-unsaturated/α-hetero) is 1. The van der Waals surface area contributed by atoms with Crippen LogP contribution in [0.5, 0.6) is 0 Å². The number of rotatable bonds is 4. The Kier molecular flexibility index (Phi) is 5.53. The minimum absolute atomic E-state index is 0.0873. The van der Waals surface area contributed by atoms with Crippen molar-refractivity contribution >= 4 is 11.7 Å². The first kappa shape index (κ1) is 16.2. The van der Waals surface area contributed by atoms with Gasteiger partial charge in [0, 0.05) is 44.6 Å². The van der Waals surface area contributed by atoms with Gasteiger partial charge in [0.25, 0.3) is 0 Å². The standard InChI is InChI=1S/C15H28N2O2/c1-12(18)6-7-14(19)16(5)13-8-10-17(11-9-13)15(2,3)4/h13H,6-11H2,1-5H3. The third kappa shape index (κ3) is 4.94. The van der Waals surface area contributed by atoms with Gasteiger partial charge < -0.3 is 9.69 Å². The number of hydrogen-bond acceptors (Lipinski definition) is 3. The molecule has 0 aromatic rings. The summed E-state index contributed by atoms with van der Waals surface area (Å²) in [6.45, 7) is 10.3. The van der Waals surface area contributed by atoms with Crippen LogP contribution in [-0.4, -0.2) is 53.2 Å². The molecule has 1 fully saturated rings. The van der Waals surface area contributed by atoms with Gasteiger partial charge >= 0.3 is 0 Å². The third-order valence-electron chi connectivity index (χ3n) is 4.05. The monoisotopic (exact) mass is 268 g/mol. The molecule has 1 amide bonds. The SMILES string of the molecule is CC(=O)CCC(=O)N(C)C1CCN(C(C)(C)C)CC1. The number of piperidine rings is 1. The fourth-order valence-corrected chi connectivity index (χ4v) is 2.59. The van der Waals surface area contributed by atoms with Crippen LogP contribution in [0.25, 0.3) is 0 Å². The number of carbonyl (C=O) groups excluding carboxylic acids is 2. The van der Waals surface area contributed by atoms with Crippen LogP contribution in [0.1, 0.15) is 53.4 Å². The van der Waals surface area contributed by atoms with Gasteiger partial charge in [0.05, 0.1) is 0 Å². The molecule has 0 N–H and O–H groups in total. The van der Waals surface area contributed by atoms with Crippen LogP contribution in [-0.2, 0) is 9.59 Å². The lowest BCUT2D eigenvalue weighted by Gasteiger charge is -2.43. The molecule has 0 aliphatic carbocycles. The Morgan fingerprint density at radius 2 is 1.68 bits per heavy atom. The van der Waals surface area contributed by atoms with E-state index in [0.717, 1.165) is 25.9 Å². The minimum Gasteiger partial charge on any atom is -0.343 e. The van der Waals surface area contributed by atoms with Crippen molar-refractivity contribution in [2.75, 3.05) is 20.1 Å². The van der Waals surface area contributed by atoms with Gasteiger partial charge in [-0.2, -0.15) is 0 Å². The summed E-state index contributed by atoms with van der Waals surface area (Å²) in [6.07, 6.45) is 2.77. The smallest absolute Gasteiger partial charge is 0.223 e. The molecule has 19 heavy (non-hydrogen) atoms. The fraction of sp³-hybridized carbons (Fsp3) is 0.867. The number of amides is 1. The molecule has 1 aliphatic heterocycles. The van der Waals surface area contributed by atoms with Crippen LogP contribution in [0.4, 0.5) is 0 Å². The number of ketones is 1. The highest BCUT2D eigenvalue weighted by molar-refractivity contribution is 5.83. The average Bonchev–Trinajstić information content (AvgIpc) is 2.34. The van der Waals surface area contributed by atoms with Gasteiger partial charge in [-0.1, -0.05) is 0 Å². The first-order valence-corrected chi connectivity index (χ1v) is 7.22. The molecule has 0 spiro atoms. The molecule has 4 heteroatoms. The molecular formula is C15H28N2O2. The molecule has 0 atom stereocenters. The summed E-state index contributed by atoms with van der Waals surface area (Å²) >= 11 is 0. The Bertz CT molecular complexity index is 326. The number of carbonyl (C=O) groups is 2. The highest BCUT2D eigenvalue weighted by Gasteiger charge is 2.29. The van der Waals surface area contributed by atoms with Crippen molar-refractivity contribution in [3.8, 4) is 0 Å². The molecule has 0 saturated carbocycles. The summed E-state index contributed by atoms with van der Waals surface area (Å²) in [5.41, 5.74) is 0.210. The van der Waals surface area contributed by atoms with Crippen molar-refractivity contribution in [3.05, 3.63) is 0 Å². The van der Waals surface area contributed by atoms with E-state index in [-0.39, 0.29) is 17.2 Å². The van der Waals surface area contributed by atoms with Gasteiger partial charge in [0.1, 0.15) is 5.78 Å². The second-order valence-corrected chi connectivity index (χ2v) is 6.60. The van der Waals surface area contributed by atoms with Gasteiger partial charge in [-0.25, -0.2) is 0 Å². The summed E-state index contributed by atoms with van der Waals surface area (Å²) in [7, 11) is 1.87. The minimum atomic E-state index is 0.0873. The van der Waals surface area contributed by atoms with Crippen LogP contribution in [0, 0.1) is 0 Å². The van der Waals surface area contributed by atoms with Crippen LogP contribution in [0.2, 0.25) is 0 Å². The van der Waals surface area contributed by atoms with E-state index in [4.69, 9.17) is 0 Å². The Balaban J connectivity index is 2.42. The van der Waals surface area contributed by atoms with Crippen molar-refractivity contribution in [1.82, 2.24) is 9.80 Å². The van der Waals surface area contributed by atoms with E-state index < -0.39 is 0 Å². The van der Waals surface area contributed by atoms with E-state index in [2.05, 4.69) is 25.7 Å². The normalized spacial score (nSPS) is 18.4. The maximum absolute atomic E-state index is 12.0. The number of likely N-dealkylation sites (tertiary alicyclic amines) is 1. The van der Waals surface area contributed by atoms with Gasteiger partial charge in [-0.15, -0.1) is 0 Å². The second kappa shape index (κ2) is 6.51. The molecule has 1 rings (SSSR count). The predicted octanol–water partition coefficient (Wildman–Crippen LogP) is 2.08. The lowest BCUT2D eigenvalue weighted by molar-refractivity contribution is -0.134. The van der Waals surface area contributed by atoms with Gasteiger partial charge in [0.15, 0.2) is 0 Å².